The first kappa shape index (κ1) is 34.6. The molecule has 0 saturated carbocycles. The van der Waals surface area contributed by atoms with Crippen LogP contribution in [0.4, 0.5) is 0 Å². The van der Waals surface area contributed by atoms with E-state index < -0.39 is 0 Å². The molecule has 0 N–H and O–H groups in total. The Bertz CT molecular complexity index is 3500. The van der Waals surface area contributed by atoms with Crippen molar-refractivity contribution in [1.82, 2.24) is 33.6 Å². The van der Waals surface area contributed by atoms with Gasteiger partial charge in [-0.3, -0.25) is 9.13 Å². The average molecular weight is 782 g/mol. The zero-order valence-electron chi connectivity index (χ0n) is 32.8. The molecule has 0 bridgehead atoms. The monoisotopic (exact) mass is 781 g/mol. The highest BCUT2D eigenvalue weighted by molar-refractivity contribution is 6.18. The average Bonchev–Trinajstić information content (AvgIpc) is 3.99. The molecular formula is C54H35N7. The molecule has 61 heavy (non-hydrogen) atoms. The molecule has 0 amide bonds. The number of imidazole rings is 1. The van der Waals surface area contributed by atoms with Crippen molar-refractivity contribution < 1.29 is 0 Å². The van der Waals surface area contributed by atoms with Gasteiger partial charge in [-0.2, -0.15) is 0 Å². The highest BCUT2D eigenvalue weighted by Crippen LogP contribution is 2.42. The zero-order chi connectivity index (χ0) is 40.3. The lowest BCUT2D eigenvalue weighted by Gasteiger charge is -2.12. The van der Waals surface area contributed by atoms with Crippen molar-refractivity contribution in [3.8, 4) is 62.6 Å². The van der Waals surface area contributed by atoms with E-state index >= 15 is 0 Å². The number of rotatable bonds is 7. The number of benzene rings is 8. The summed E-state index contributed by atoms with van der Waals surface area (Å²) < 4.78 is 7.00. The second-order valence-electron chi connectivity index (χ2n) is 15.1. The van der Waals surface area contributed by atoms with E-state index in [1.807, 2.05) is 60.7 Å². The highest BCUT2D eigenvalue weighted by Gasteiger charge is 2.25. The SMILES string of the molecule is c1ccc(-c2nc(-c3ccccc3)nc(-c3cccc(-n4c5ccccc5c5cc6c7c(nc(-c8ccccc8)n7-c7ccccc7)n(-c7ccccc7)c6cc54)c3)n2)cc1. The molecule has 0 aliphatic carbocycles. The molecule has 0 aliphatic heterocycles. The van der Waals surface area contributed by atoms with Crippen molar-refractivity contribution >= 4 is 43.9 Å². The van der Waals surface area contributed by atoms with Gasteiger partial charge in [-0.25, -0.2) is 19.9 Å². The van der Waals surface area contributed by atoms with E-state index in [4.69, 9.17) is 19.9 Å². The van der Waals surface area contributed by atoms with E-state index in [2.05, 4.69) is 165 Å². The summed E-state index contributed by atoms with van der Waals surface area (Å²) in [5.74, 6) is 2.77. The van der Waals surface area contributed by atoms with Gasteiger partial charge in [-0.05, 0) is 54.6 Å². The maximum absolute atomic E-state index is 5.49. The summed E-state index contributed by atoms with van der Waals surface area (Å²) in [6.07, 6.45) is 0. The normalized spacial score (nSPS) is 11.6. The van der Waals surface area contributed by atoms with Crippen LogP contribution in [0.1, 0.15) is 0 Å². The molecule has 286 valence electrons. The Balaban J connectivity index is 1.13. The number of hydrogen-bond donors (Lipinski definition) is 0. The highest BCUT2D eigenvalue weighted by atomic mass is 15.2. The Labute approximate surface area is 351 Å². The molecular weight excluding hydrogens is 747 g/mol. The van der Waals surface area contributed by atoms with Crippen molar-refractivity contribution in [2.75, 3.05) is 0 Å². The third-order valence-corrected chi connectivity index (χ3v) is 11.5. The van der Waals surface area contributed by atoms with E-state index in [1.54, 1.807) is 0 Å². The summed E-state index contributed by atoms with van der Waals surface area (Å²) in [4.78, 5) is 20.6. The third kappa shape index (κ3) is 5.74. The standard InChI is InChI=1S/C54H35N7/c1-6-19-36(20-7-1)50-55-51(37-21-8-2-9-22-37)57-52(56-50)39-25-18-30-42(33-39)59-46-32-17-16-31-43(46)44-34-45-48(35-47(44)59)60(40-26-12-4-13-27-40)54-49(45)61(41-28-14-5-15-29-41)53(58-54)38-23-10-3-11-24-38/h1-35H. The summed E-state index contributed by atoms with van der Waals surface area (Å²) in [7, 11) is 0. The predicted molar refractivity (Wildman–Crippen MR) is 247 cm³/mol. The van der Waals surface area contributed by atoms with Crippen LogP contribution in [0.3, 0.4) is 0 Å². The van der Waals surface area contributed by atoms with Gasteiger partial charge in [0.25, 0.3) is 0 Å². The van der Waals surface area contributed by atoms with Gasteiger partial charge in [0, 0.05) is 55.5 Å². The largest absolute Gasteiger partial charge is 0.309 e. The van der Waals surface area contributed by atoms with Gasteiger partial charge in [0.05, 0.1) is 16.6 Å². The molecule has 0 aliphatic rings. The molecule has 0 fully saturated rings. The molecule has 4 aromatic heterocycles. The minimum absolute atomic E-state index is 0.611. The topological polar surface area (TPSA) is 66.3 Å². The summed E-state index contributed by atoms with van der Waals surface area (Å²) in [6.45, 7) is 0. The molecule has 0 radical (unpaired) electrons. The molecule has 0 spiro atoms. The van der Waals surface area contributed by atoms with Gasteiger partial charge in [0.1, 0.15) is 11.3 Å². The fourth-order valence-electron chi connectivity index (χ4n) is 8.75. The van der Waals surface area contributed by atoms with Crippen LogP contribution in [0.2, 0.25) is 0 Å². The van der Waals surface area contributed by atoms with Crippen LogP contribution in [0.25, 0.3) is 106 Å². The van der Waals surface area contributed by atoms with Crippen molar-refractivity contribution in [2.24, 2.45) is 0 Å². The molecule has 4 heterocycles. The van der Waals surface area contributed by atoms with Crippen molar-refractivity contribution in [1.29, 1.82) is 0 Å². The van der Waals surface area contributed by atoms with Gasteiger partial charge in [-0.1, -0.05) is 158 Å². The van der Waals surface area contributed by atoms with E-state index in [0.29, 0.717) is 17.5 Å². The van der Waals surface area contributed by atoms with Crippen LogP contribution in [0, 0.1) is 0 Å². The van der Waals surface area contributed by atoms with Crippen molar-refractivity contribution in [3.63, 3.8) is 0 Å². The van der Waals surface area contributed by atoms with Gasteiger partial charge < -0.3 is 4.57 Å². The molecule has 12 rings (SSSR count). The third-order valence-electron chi connectivity index (χ3n) is 11.5. The van der Waals surface area contributed by atoms with E-state index in [0.717, 1.165) is 89.0 Å². The first-order valence-electron chi connectivity index (χ1n) is 20.4. The lowest BCUT2D eigenvalue weighted by atomic mass is 10.1. The number of para-hydroxylation sites is 3. The van der Waals surface area contributed by atoms with Crippen LogP contribution >= 0.6 is 0 Å². The first-order chi connectivity index (χ1) is 30.3. The van der Waals surface area contributed by atoms with Crippen molar-refractivity contribution in [3.05, 3.63) is 212 Å². The number of aromatic nitrogens is 7. The quantitative estimate of drug-likeness (QED) is 0.161. The van der Waals surface area contributed by atoms with Crippen LogP contribution < -0.4 is 0 Å². The second-order valence-corrected chi connectivity index (χ2v) is 15.1. The van der Waals surface area contributed by atoms with E-state index in [-0.39, 0.29) is 0 Å². The van der Waals surface area contributed by atoms with Crippen LogP contribution in [0.15, 0.2) is 212 Å². The summed E-state index contributed by atoms with van der Waals surface area (Å²) in [6, 6.07) is 73.7. The van der Waals surface area contributed by atoms with E-state index in [9.17, 15) is 0 Å². The molecule has 12 aromatic rings. The molecule has 7 nitrogen and oxygen atoms in total. The fourth-order valence-corrected chi connectivity index (χ4v) is 8.75. The second kappa shape index (κ2) is 14.1. The molecule has 8 aromatic carbocycles. The fraction of sp³-hybridized carbons (Fsp3) is 0. The summed E-state index contributed by atoms with van der Waals surface area (Å²) >= 11 is 0. The Morgan fingerprint density at radius 2 is 0.754 bits per heavy atom. The van der Waals surface area contributed by atoms with Crippen LogP contribution in [-0.2, 0) is 0 Å². The van der Waals surface area contributed by atoms with Gasteiger partial charge in [0.15, 0.2) is 23.1 Å². The minimum atomic E-state index is 0.611. The lowest BCUT2D eigenvalue weighted by molar-refractivity contribution is 1.07. The van der Waals surface area contributed by atoms with Crippen LogP contribution in [0.5, 0.6) is 0 Å². The maximum atomic E-state index is 5.49. The zero-order valence-corrected chi connectivity index (χ0v) is 32.8. The summed E-state index contributed by atoms with van der Waals surface area (Å²) in [5, 5.41) is 3.44. The number of nitrogens with zero attached hydrogens (tertiary/aromatic N) is 7. The minimum Gasteiger partial charge on any atom is -0.309 e. The van der Waals surface area contributed by atoms with Crippen LogP contribution in [-0.4, -0.2) is 33.6 Å². The first-order valence-corrected chi connectivity index (χ1v) is 20.4. The van der Waals surface area contributed by atoms with Gasteiger partial charge in [0.2, 0.25) is 0 Å². The lowest BCUT2D eigenvalue weighted by Crippen LogP contribution is -2.01. The summed E-state index contributed by atoms with van der Waals surface area (Å²) in [5.41, 5.74) is 12.1. The molecule has 0 unspecified atom stereocenters. The van der Waals surface area contributed by atoms with Gasteiger partial charge in [-0.15, -0.1) is 0 Å². The van der Waals surface area contributed by atoms with E-state index in [1.165, 1.54) is 0 Å². The maximum Gasteiger partial charge on any atom is 0.165 e. The predicted octanol–water partition coefficient (Wildman–Crippen LogP) is 12.9. The van der Waals surface area contributed by atoms with Gasteiger partial charge >= 0.3 is 0 Å². The molecule has 7 heteroatoms. The van der Waals surface area contributed by atoms with Crippen molar-refractivity contribution in [2.45, 2.75) is 0 Å². The Morgan fingerprint density at radius 3 is 1.38 bits per heavy atom. The number of fused-ring (bicyclic) bond motifs is 6. The molecule has 0 saturated heterocycles. The Kier molecular flexibility index (Phi) is 8.03. The Hall–Kier alpha value is -8.42. The Morgan fingerprint density at radius 1 is 0.279 bits per heavy atom. The number of hydrogen-bond acceptors (Lipinski definition) is 4. The molecule has 0 atom stereocenters. The smallest absolute Gasteiger partial charge is 0.165 e.